The number of nitrogens with zero attached hydrogens (tertiary/aromatic N) is 1. The van der Waals surface area contributed by atoms with Crippen LogP contribution in [0.4, 0.5) is 5.69 Å². The molecule has 0 aliphatic rings. The Kier molecular flexibility index (Phi) is 9.98. The standard InChI is InChI=1S/C34H41N2O4PS/c1-23(2)30-18-14-26(6)20-33(30)39-41(40-34-21-27(7)15-19-31(34)24(3)4)36(22-28-10-8-9-11-32(28)35)42(37,38)29-16-12-25(5)13-17-29/h8-21,23-24H,22,35H2,1-7H3. The van der Waals surface area contributed by atoms with E-state index in [0.717, 1.165) is 27.8 Å². The zero-order valence-corrected chi connectivity index (χ0v) is 27.2. The van der Waals surface area contributed by atoms with Crippen LogP contribution < -0.4 is 14.8 Å². The van der Waals surface area contributed by atoms with Crippen molar-refractivity contribution in [2.75, 3.05) is 5.73 Å². The highest BCUT2D eigenvalue weighted by Gasteiger charge is 2.39. The minimum absolute atomic E-state index is 0.0275. The maximum atomic E-state index is 14.5. The summed E-state index contributed by atoms with van der Waals surface area (Å²) in [6.45, 7) is 14.2. The van der Waals surface area contributed by atoms with Crippen LogP contribution in [-0.2, 0) is 16.6 Å². The van der Waals surface area contributed by atoms with Crippen LogP contribution >= 0.6 is 8.53 Å². The molecule has 0 aliphatic carbocycles. The molecule has 6 nitrogen and oxygen atoms in total. The quantitative estimate of drug-likeness (QED) is 0.136. The van der Waals surface area contributed by atoms with Gasteiger partial charge >= 0.3 is 8.53 Å². The van der Waals surface area contributed by atoms with E-state index in [9.17, 15) is 8.42 Å². The SMILES string of the molecule is Cc1ccc(S(=O)(=O)N(Cc2ccccc2N)P(Oc2cc(C)ccc2C(C)C)Oc2cc(C)ccc2C(C)C)cc1. The van der Waals surface area contributed by atoms with Crippen molar-refractivity contribution in [1.29, 1.82) is 0 Å². The Morgan fingerprint density at radius 3 is 1.67 bits per heavy atom. The highest BCUT2D eigenvalue weighted by Crippen LogP contribution is 2.51. The van der Waals surface area contributed by atoms with E-state index in [0.29, 0.717) is 22.7 Å². The molecule has 2 N–H and O–H groups in total. The van der Waals surface area contributed by atoms with Crippen LogP contribution in [0.2, 0.25) is 0 Å². The summed E-state index contributed by atoms with van der Waals surface area (Å²) in [7, 11) is -6.35. The van der Waals surface area contributed by atoms with Crippen molar-refractivity contribution in [3.63, 3.8) is 0 Å². The Morgan fingerprint density at radius 2 is 1.19 bits per heavy atom. The topological polar surface area (TPSA) is 81.9 Å². The lowest BCUT2D eigenvalue weighted by atomic mass is 10.0. The first-order chi connectivity index (χ1) is 19.9. The van der Waals surface area contributed by atoms with Crippen LogP contribution in [0.3, 0.4) is 0 Å². The van der Waals surface area contributed by atoms with Gasteiger partial charge in [0.25, 0.3) is 10.0 Å². The third-order valence-corrected chi connectivity index (χ3v) is 10.9. The smallest absolute Gasteiger partial charge is 0.399 e. The average Bonchev–Trinajstić information content (AvgIpc) is 2.92. The minimum Gasteiger partial charge on any atom is -0.426 e. The Morgan fingerprint density at radius 1 is 0.714 bits per heavy atom. The van der Waals surface area contributed by atoms with Gasteiger partial charge in [0, 0.05) is 5.69 Å². The van der Waals surface area contributed by atoms with E-state index in [2.05, 4.69) is 27.7 Å². The molecule has 0 saturated carbocycles. The molecule has 222 valence electrons. The summed E-state index contributed by atoms with van der Waals surface area (Å²) in [6, 6.07) is 26.1. The summed E-state index contributed by atoms with van der Waals surface area (Å²) in [4.78, 5) is 0.156. The number of aryl methyl sites for hydroxylation is 3. The molecule has 0 spiro atoms. The van der Waals surface area contributed by atoms with Crippen LogP contribution in [0.25, 0.3) is 0 Å². The van der Waals surface area contributed by atoms with Gasteiger partial charge in [0.2, 0.25) is 0 Å². The van der Waals surface area contributed by atoms with Crippen LogP contribution in [0.15, 0.2) is 89.8 Å². The van der Waals surface area contributed by atoms with E-state index in [-0.39, 0.29) is 23.3 Å². The van der Waals surface area contributed by atoms with Crippen molar-refractivity contribution in [2.45, 2.75) is 71.7 Å². The van der Waals surface area contributed by atoms with Gasteiger partial charge in [-0.25, -0.2) is 8.42 Å². The molecule has 42 heavy (non-hydrogen) atoms. The molecule has 0 unspecified atom stereocenters. The zero-order valence-electron chi connectivity index (χ0n) is 25.5. The Labute approximate surface area is 252 Å². The summed E-state index contributed by atoms with van der Waals surface area (Å²) in [5.41, 5.74) is 12.4. The maximum absolute atomic E-state index is 14.5. The average molecular weight is 605 g/mol. The molecule has 0 aromatic heterocycles. The summed E-state index contributed by atoms with van der Waals surface area (Å²) in [5.74, 6) is 1.49. The van der Waals surface area contributed by atoms with Gasteiger partial charge in [0.15, 0.2) is 0 Å². The lowest BCUT2D eigenvalue weighted by molar-refractivity contribution is 0.412. The number of para-hydroxylation sites is 1. The lowest BCUT2D eigenvalue weighted by Gasteiger charge is -2.31. The Hall–Kier alpha value is -3.38. The molecule has 0 amide bonds. The van der Waals surface area contributed by atoms with Gasteiger partial charge in [0.05, 0.1) is 11.4 Å². The number of hydrogen-bond acceptors (Lipinski definition) is 5. The number of rotatable bonds is 11. The fraction of sp³-hybridized carbons (Fsp3) is 0.294. The third kappa shape index (κ3) is 7.33. The zero-order chi connectivity index (χ0) is 30.6. The first-order valence-electron chi connectivity index (χ1n) is 14.2. The van der Waals surface area contributed by atoms with E-state index in [1.807, 2.05) is 75.4 Å². The predicted molar refractivity (Wildman–Crippen MR) is 173 cm³/mol. The molecule has 0 heterocycles. The van der Waals surface area contributed by atoms with E-state index in [4.69, 9.17) is 14.8 Å². The van der Waals surface area contributed by atoms with Gasteiger partial charge in [-0.15, -0.1) is 4.08 Å². The molecule has 0 atom stereocenters. The van der Waals surface area contributed by atoms with Crippen LogP contribution in [-0.4, -0.2) is 12.5 Å². The van der Waals surface area contributed by atoms with Crippen LogP contribution in [0, 0.1) is 20.8 Å². The second-order valence-electron chi connectivity index (χ2n) is 11.3. The molecule has 8 heteroatoms. The molecule has 4 rings (SSSR count). The van der Waals surface area contributed by atoms with E-state index in [1.54, 1.807) is 30.3 Å². The highest BCUT2D eigenvalue weighted by molar-refractivity contribution is 7.93. The monoisotopic (exact) mass is 604 g/mol. The molecule has 0 fully saturated rings. The van der Waals surface area contributed by atoms with Gasteiger partial charge in [-0.3, -0.25) is 0 Å². The van der Waals surface area contributed by atoms with E-state index >= 15 is 0 Å². The third-order valence-electron chi connectivity index (χ3n) is 7.07. The van der Waals surface area contributed by atoms with Crippen LogP contribution in [0.1, 0.15) is 72.9 Å². The van der Waals surface area contributed by atoms with Crippen molar-refractivity contribution >= 4 is 24.2 Å². The number of anilines is 1. The molecule has 4 aromatic rings. The normalized spacial score (nSPS) is 12.0. The van der Waals surface area contributed by atoms with E-state index < -0.39 is 18.5 Å². The van der Waals surface area contributed by atoms with Gasteiger partial charge in [-0.05, 0) is 90.8 Å². The lowest BCUT2D eigenvalue weighted by Crippen LogP contribution is -2.30. The fourth-order valence-electron chi connectivity index (χ4n) is 4.56. The first-order valence-corrected chi connectivity index (χ1v) is 16.7. The second kappa shape index (κ2) is 13.3. The van der Waals surface area contributed by atoms with Crippen molar-refractivity contribution in [2.24, 2.45) is 0 Å². The molecule has 4 aromatic carbocycles. The summed E-state index contributed by atoms with van der Waals surface area (Å²) in [5, 5.41) is 0. The first kappa shape index (κ1) is 31.6. The number of hydrogen-bond donors (Lipinski definition) is 1. The fourth-order valence-corrected chi connectivity index (χ4v) is 7.92. The van der Waals surface area contributed by atoms with Gasteiger partial charge in [-0.2, -0.15) is 0 Å². The van der Waals surface area contributed by atoms with Gasteiger partial charge < -0.3 is 14.8 Å². The van der Waals surface area contributed by atoms with Gasteiger partial charge in [-0.1, -0.05) is 87.9 Å². The van der Waals surface area contributed by atoms with Crippen molar-refractivity contribution in [3.05, 3.63) is 118 Å². The highest BCUT2D eigenvalue weighted by atomic mass is 32.2. The Balaban J connectivity index is 1.94. The predicted octanol–water partition coefficient (Wildman–Crippen LogP) is 9.02. The number of benzene rings is 4. The second-order valence-corrected chi connectivity index (χ2v) is 14.8. The largest absolute Gasteiger partial charge is 0.426 e. The van der Waals surface area contributed by atoms with Gasteiger partial charge in [0.1, 0.15) is 11.5 Å². The number of nitrogens with two attached hydrogens (primary N) is 1. The van der Waals surface area contributed by atoms with E-state index in [1.165, 1.54) is 4.08 Å². The molecule has 0 bridgehead atoms. The van der Waals surface area contributed by atoms with Crippen molar-refractivity contribution < 1.29 is 17.5 Å². The summed E-state index contributed by atoms with van der Waals surface area (Å²) in [6.07, 6.45) is 0. The van der Waals surface area contributed by atoms with Crippen molar-refractivity contribution in [1.82, 2.24) is 4.08 Å². The van der Waals surface area contributed by atoms with Crippen molar-refractivity contribution in [3.8, 4) is 11.5 Å². The summed E-state index contributed by atoms with van der Waals surface area (Å²) < 4.78 is 43.8. The molecule has 0 saturated heterocycles. The molecule has 0 radical (unpaired) electrons. The number of nitrogen functional groups attached to an aromatic ring is 1. The molecular formula is C34H41N2O4PS. The minimum atomic E-state index is -4.10. The Bertz CT molecular complexity index is 1580. The molecule has 0 aliphatic heterocycles. The molecular weight excluding hydrogens is 563 g/mol. The maximum Gasteiger partial charge on any atom is 0.399 e. The van der Waals surface area contributed by atoms with Crippen LogP contribution in [0.5, 0.6) is 11.5 Å². The summed E-state index contributed by atoms with van der Waals surface area (Å²) >= 11 is 0. The number of sulfonamides is 1.